The summed E-state index contributed by atoms with van der Waals surface area (Å²) in [6.07, 6.45) is 5.53. The number of ether oxygens (including phenoxy) is 1. The molecule has 3 nitrogen and oxygen atoms in total. The van der Waals surface area contributed by atoms with Crippen molar-refractivity contribution in [3.8, 4) is 5.75 Å². The molecule has 0 spiro atoms. The van der Waals surface area contributed by atoms with E-state index in [1.165, 1.54) is 12.8 Å². The summed E-state index contributed by atoms with van der Waals surface area (Å²) in [4.78, 5) is 15.3. The van der Waals surface area contributed by atoms with E-state index < -0.39 is 0 Å². The standard InChI is InChI=1S/C18H25NO2/c1-3-9-21-17-6-4-5-13(12-17)18(20)14-10-15-7-8-16(11-14)19(15)2/h4-6,12,14-16H,3,7-11H2,1-2H3. The summed E-state index contributed by atoms with van der Waals surface area (Å²) >= 11 is 0. The minimum Gasteiger partial charge on any atom is -0.494 e. The fraction of sp³-hybridized carbons (Fsp3) is 0.611. The maximum Gasteiger partial charge on any atom is 0.166 e. The molecule has 0 aliphatic carbocycles. The zero-order valence-corrected chi connectivity index (χ0v) is 13.0. The van der Waals surface area contributed by atoms with E-state index in [0.29, 0.717) is 24.5 Å². The maximum atomic E-state index is 12.8. The molecule has 2 aliphatic heterocycles. The number of piperidine rings is 1. The molecule has 2 atom stereocenters. The van der Waals surface area contributed by atoms with Crippen molar-refractivity contribution < 1.29 is 9.53 Å². The average molecular weight is 287 g/mol. The van der Waals surface area contributed by atoms with E-state index in [2.05, 4.69) is 18.9 Å². The molecule has 1 aromatic rings. The van der Waals surface area contributed by atoms with Gasteiger partial charge in [0, 0.05) is 23.6 Å². The zero-order valence-electron chi connectivity index (χ0n) is 13.0. The van der Waals surface area contributed by atoms with Gasteiger partial charge in [-0.2, -0.15) is 0 Å². The fourth-order valence-corrected chi connectivity index (χ4v) is 3.82. The van der Waals surface area contributed by atoms with Gasteiger partial charge in [-0.3, -0.25) is 4.79 Å². The van der Waals surface area contributed by atoms with Crippen LogP contribution in [0.25, 0.3) is 0 Å². The first-order valence-corrected chi connectivity index (χ1v) is 8.18. The molecular formula is C18H25NO2. The minimum atomic E-state index is 0.195. The molecule has 0 saturated carbocycles. The number of fused-ring (bicyclic) bond motifs is 2. The number of Topliss-reactive ketones (excluding diaryl/α,β-unsaturated/α-hetero) is 1. The Morgan fingerprint density at radius 3 is 2.67 bits per heavy atom. The number of hydrogen-bond donors (Lipinski definition) is 0. The third-order valence-electron chi connectivity index (χ3n) is 5.06. The molecule has 0 amide bonds. The van der Waals surface area contributed by atoms with Gasteiger partial charge in [0.2, 0.25) is 0 Å². The van der Waals surface area contributed by atoms with Crippen LogP contribution in [-0.2, 0) is 0 Å². The molecule has 2 bridgehead atoms. The first-order valence-electron chi connectivity index (χ1n) is 8.18. The Morgan fingerprint density at radius 1 is 1.29 bits per heavy atom. The Kier molecular flexibility index (Phi) is 4.29. The summed E-state index contributed by atoms with van der Waals surface area (Å²) in [5.41, 5.74) is 0.817. The normalized spacial score (nSPS) is 28.6. The number of hydrogen-bond acceptors (Lipinski definition) is 3. The van der Waals surface area contributed by atoms with Crippen LogP contribution in [0.5, 0.6) is 5.75 Å². The van der Waals surface area contributed by atoms with Gasteiger partial charge >= 0.3 is 0 Å². The van der Waals surface area contributed by atoms with Crippen LogP contribution in [0, 0.1) is 5.92 Å². The van der Waals surface area contributed by atoms with Crippen molar-refractivity contribution in [2.45, 2.75) is 51.1 Å². The molecule has 0 N–H and O–H groups in total. The molecule has 2 saturated heterocycles. The molecule has 2 unspecified atom stereocenters. The highest BCUT2D eigenvalue weighted by Crippen LogP contribution is 2.38. The third kappa shape index (κ3) is 2.98. The molecule has 21 heavy (non-hydrogen) atoms. The van der Waals surface area contributed by atoms with Gasteiger partial charge in [0.15, 0.2) is 5.78 Å². The van der Waals surface area contributed by atoms with Gasteiger partial charge in [0.05, 0.1) is 6.61 Å². The van der Waals surface area contributed by atoms with Gasteiger partial charge in [-0.15, -0.1) is 0 Å². The SMILES string of the molecule is CCCOc1cccc(C(=O)C2CC3CCC(C2)N3C)c1. The van der Waals surface area contributed by atoms with Crippen LogP contribution >= 0.6 is 0 Å². The Balaban J connectivity index is 1.70. The number of nitrogens with zero attached hydrogens (tertiary/aromatic N) is 1. The smallest absolute Gasteiger partial charge is 0.166 e. The van der Waals surface area contributed by atoms with Gasteiger partial charge in [0.25, 0.3) is 0 Å². The molecule has 2 aliphatic rings. The molecule has 0 aromatic heterocycles. The van der Waals surface area contributed by atoms with E-state index >= 15 is 0 Å². The number of benzene rings is 1. The lowest BCUT2D eigenvalue weighted by Crippen LogP contribution is -2.42. The second kappa shape index (κ2) is 6.18. The predicted molar refractivity (Wildman–Crippen MR) is 83.9 cm³/mol. The van der Waals surface area contributed by atoms with E-state index in [1.807, 2.05) is 24.3 Å². The van der Waals surface area contributed by atoms with Crippen LogP contribution < -0.4 is 4.74 Å². The van der Waals surface area contributed by atoms with Gasteiger partial charge in [0.1, 0.15) is 5.75 Å². The van der Waals surface area contributed by atoms with Crippen LogP contribution in [-0.4, -0.2) is 36.4 Å². The van der Waals surface area contributed by atoms with Crippen LogP contribution in [0.2, 0.25) is 0 Å². The maximum absolute atomic E-state index is 12.8. The molecule has 0 radical (unpaired) electrons. The van der Waals surface area contributed by atoms with Crippen molar-refractivity contribution in [3.05, 3.63) is 29.8 Å². The Labute approximate surface area is 127 Å². The molecule has 3 rings (SSSR count). The van der Waals surface area contributed by atoms with Gasteiger partial charge < -0.3 is 9.64 Å². The number of carbonyl (C=O) groups excluding carboxylic acids is 1. The lowest BCUT2D eigenvalue weighted by Gasteiger charge is -2.35. The second-order valence-electron chi connectivity index (χ2n) is 6.46. The van der Waals surface area contributed by atoms with Crippen molar-refractivity contribution in [1.82, 2.24) is 4.90 Å². The van der Waals surface area contributed by atoms with Gasteiger partial charge in [-0.1, -0.05) is 19.1 Å². The average Bonchev–Trinajstić information content (AvgIpc) is 2.74. The number of carbonyl (C=O) groups is 1. The topological polar surface area (TPSA) is 29.5 Å². The zero-order chi connectivity index (χ0) is 14.8. The Bertz CT molecular complexity index is 500. The van der Waals surface area contributed by atoms with E-state index in [-0.39, 0.29) is 5.92 Å². The van der Waals surface area contributed by atoms with Crippen molar-refractivity contribution in [2.24, 2.45) is 5.92 Å². The first kappa shape index (κ1) is 14.6. The quantitative estimate of drug-likeness (QED) is 0.776. The summed E-state index contributed by atoms with van der Waals surface area (Å²) < 4.78 is 5.64. The Morgan fingerprint density at radius 2 is 2.00 bits per heavy atom. The third-order valence-corrected chi connectivity index (χ3v) is 5.06. The molecule has 2 heterocycles. The van der Waals surface area contributed by atoms with E-state index in [0.717, 1.165) is 30.6 Å². The van der Waals surface area contributed by atoms with Crippen molar-refractivity contribution in [1.29, 1.82) is 0 Å². The highest BCUT2D eigenvalue weighted by atomic mass is 16.5. The highest BCUT2D eigenvalue weighted by Gasteiger charge is 2.40. The minimum absolute atomic E-state index is 0.195. The monoisotopic (exact) mass is 287 g/mol. The molecule has 114 valence electrons. The summed E-state index contributed by atoms with van der Waals surface area (Å²) in [5, 5.41) is 0. The van der Waals surface area contributed by atoms with Crippen molar-refractivity contribution in [3.63, 3.8) is 0 Å². The van der Waals surface area contributed by atoms with E-state index in [1.54, 1.807) is 0 Å². The number of ketones is 1. The van der Waals surface area contributed by atoms with E-state index in [4.69, 9.17) is 4.74 Å². The molecule has 3 heteroatoms. The predicted octanol–water partition coefficient (Wildman–Crippen LogP) is 3.53. The van der Waals surface area contributed by atoms with Gasteiger partial charge in [-0.05, 0) is 51.3 Å². The van der Waals surface area contributed by atoms with Crippen LogP contribution in [0.4, 0.5) is 0 Å². The fourth-order valence-electron chi connectivity index (χ4n) is 3.82. The van der Waals surface area contributed by atoms with Crippen LogP contribution in [0.15, 0.2) is 24.3 Å². The summed E-state index contributed by atoms with van der Waals surface area (Å²) in [6.45, 7) is 2.79. The number of rotatable bonds is 5. The van der Waals surface area contributed by atoms with Crippen LogP contribution in [0.1, 0.15) is 49.4 Å². The largest absolute Gasteiger partial charge is 0.494 e. The van der Waals surface area contributed by atoms with Crippen molar-refractivity contribution >= 4 is 5.78 Å². The summed E-state index contributed by atoms with van der Waals surface area (Å²) in [5.74, 6) is 1.32. The van der Waals surface area contributed by atoms with Gasteiger partial charge in [-0.25, -0.2) is 0 Å². The first-order chi connectivity index (χ1) is 10.2. The van der Waals surface area contributed by atoms with E-state index in [9.17, 15) is 4.79 Å². The summed E-state index contributed by atoms with van der Waals surface area (Å²) in [6, 6.07) is 8.93. The second-order valence-corrected chi connectivity index (χ2v) is 6.46. The van der Waals surface area contributed by atoms with Crippen LogP contribution in [0.3, 0.4) is 0 Å². The lowest BCUT2D eigenvalue weighted by atomic mass is 9.85. The lowest BCUT2D eigenvalue weighted by molar-refractivity contribution is 0.0766. The Hall–Kier alpha value is -1.35. The van der Waals surface area contributed by atoms with Crippen molar-refractivity contribution in [2.75, 3.05) is 13.7 Å². The molecular weight excluding hydrogens is 262 g/mol. The molecule has 1 aromatic carbocycles. The highest BCUT2D eigenvalue weighted by molar-refractivity contribution is 5.98. The summed E-state index contributed by atoms with van der Waals surface area (Å²) in [7, 11) is 2.21. The molecule has 2 fully saturated rings.